The molecular formula is C23H30FN5O. The molecule has 1 saturated heterocycles. The number of para-hydroxylation sites is 1. The Hall–Kier alpha value is -2.25. The molecule has 1 aliphatic heterocycles. The fraction of sp³-hybridized carbons (Fsp3) is 0.565. The van der Waals surface area contributed by atoms with Crippen LogP contribution in [0.15, 0.2) is 30.5 Å². The molecule has 1 saturated carbocycles. The summed E-state index contributed by atoms with van der Waals surface area (Å²) >= 11 is 0. The van der Waals surface area contributed by atoms with Gasteiger partial charge in [-0.3, -0.25) is 15.6 Å². The highest BCUT2D eigenvalue weighted by molar-refractivity contribution is 5.80. The third-order valence-electron chi connectivity index (χ3n) is 7.10. The molecule has 2 aliphatic carbocycles. The molecule has 1 amide bonds. The summed E-state index contributed by atoms with van der Waals surface area (Å²) in [6, 6.07) is 6.85. The van der Waals surface area contributed by atoms with Gasteiger partial charge in [-0.15, -0.1) is 0 Å². The monoisotopic (exact) mass is 411 g/mol. The van der Waals surface area contributed by atoms with E-state index in [1.807, 2.05) is 6.07 Å². The molecule has 3 N–H and O–H groups in total. The number of benzene rings is 1. The Morgan fingerprint density at radius 3 is 2.80 bits per heavy atom. The van der Waals surface area contributed by atoms with Crippen molar-refractivity contribution in [2.24, 2.45) is 11.8 Å². The first kappa shape index (κ1) is 19.7. The Bertz CT molecular complexity index is 907. The van der Waals surface area contributed by atoms with Gasteiger partial charge in [-0.05, 0) is 50.2 Å². The lowest BCUT2D eigenvalue weighted by atomic mass is 9.79. The molecule has 0 spiro atoms. The standard InChI is InChI=1S/C23H30FN5O/c24-18-9-4-5-11-21(18)29-20-12-6-10-19(16(20)14-26-29)27-23(30)17-13-25-28-22(17)15-7-2-1-3-8-15/h4-5,9,11,14-15,17,19,22,25,28H,1-3,6-8,10,12-13H2,(H,27,30). The summed E-state index contributed by atoms with van der Waals surface area (Å²) < 4.78 is 16.0. The van der Waals surface area contributed by atoms with Crippen molar-refractivity contribution >= 4 is 5.91 Å². The summed E-state index contributed by atoms with van der Waals surface area (Å²) in [6.45, 7) is 0.668. The Morgan fingerprint density at radius 2 is 1.97 bits per heavy atom. The number of fused-ring (bicyclic) bond motifs is 1. The van der Waals surface area contributed by atoms with Gasteiger partial charge in [0, 0.05) is 23.8 Å². The summed E-state index contributed by atoms with van der Waals surface area (Å²) in [6.07, 6.45) is 10.7. The largest absolute Gasteiger partial charge is 0.349 e. The summed E-state index contributed by atoms with van der Waals surface area (Å²) in [7, 11) is 0. The topological polar surface area (TPSA) is 71.0 Å². The number of carbonyl (C=O) groups is 1. The normalized spacial score (nSPS) is 27.0. The number of nitrogens with one attached hydrogen (secondary N) is 3. The Labute approximate surface area is 176 Å². The lowest BCUT2D eigenvalue weighted by Crippen LogP contribution is -2.45. The number of halogens is 1. The van der Waals surface area contributed by atoms with E-state index >= 15 is 0 Å². The zero-order valence-corrected chi connectivity index (χ0v) is 17.2. The van der Waals surface area contributed by atoms with E-state index in [1.54, 1.807) is 23.0 Å². The molecule has 3 atom stereocenters. The van der Waals surface area contributed by atoms with Crippen LogP contribution in [0.4, 0.5) is 4.39 Å². The molecule has 2 aromatic rings. The highest BCUT2D eigenvalue weighted by Crippen LogP contribution is 2.34. The van der Waals surface area contributed by atoms with Gasteiger partial charge in [0.15, 0.2) is 0 Å². The van der Waals surface area contributed by atoms with Crippen LogP contribution in [0, 0.1) is 17.7 Å². The lowest BCUT2D eigenvalue weighted by molar-refractivity contribution is -0.126. The first-order valence-electron chi connectivity index (χ1n) is 11.3. The van der Waals surface area contributed by atoms with Crippen molar-refractivity contribution in [2.75, 3.05) is 6.54 Å². The van der Waals surface area contributed by atoms with Gasteiger partial charge in [-0.25, -0.2) is 9.07 Å². The molecule has 3 aliphatic rings. The van der Waals surface area contributed by atoms with Crippen LogP contribution >= 0.6 is 0 Å². The Balaban J connectivity index is 1.33. The molecule has 0 radical (unpaired) electrons. The fourth-order valence-electron chi connectivity index (χ4n) is 5.53. The van der Waals surface area contributed by atoms with Crippen LogP contribution in [-0.2, 0) is 11.2 Å². The van der Waals surface area contributed by atoms with Crippen LogP contribution in [0.3, 0.4) is 0 Å². The van der Waals surface area contributed by atoms with Crippen molar-refractivity contribution in [3.63, 3.8) is 0 Å². The van der Waals surface area contributed by atoms with Crippen LogP contribution in [0.5, 0.6) is 0 Å². The second-order valence-electron chi connectivity index (χ2n) is 8.92. The zero-order chi connectivity index (χ0) is 20.5. The maximum absolute atomic E-state index is 14.3. The first-order chi connectivity index (χ1) is 14.7. The van der Waals surface area contributed by atoms with Gasteiger partial charge in [0.2, 0.25) is 5.91 Å². The summed E-state index contributed by atoms with van der Waals surface area (Å²) in [5.41, 5.74) is 9.08. The average Bonchev–Trinajstić information content (AvgIpc) is 3.43. The highest BCUT2D eigenvalue weighted by Gasteiger charge is 2.39. The highest BCUT2D eigenvalue weighted by atomic mass is 19.1. The smallest absolute Gasteiger partial charge is 0.226 e. The number of hydrogen-bond acceptors (Lipinski definition) is 4. The van der Waals surface area contributed by atoms with E-state index in [4.69, 9.17) is 0 Å². The number of hydrazine groups is 1. The van der Waals surface area contributed by atoms with Crippen LogP contribution in [-0.4, -0.2) is 28.3 Å². The number of nitrogens with zero attached hydrogens (tertiary/aromatic N) is 2. The van der Waals surface area contributed by atoms with E-state index in [-0.39, 0.29) is 29.7 Å². The predicted molar refractivity (Wildman–Crippen MR) is 112 cm³/mol. The van der Waals surface area contributed by atoms with Gasteiger partial charge in [0.05, 0.1) is 18.2 Å². The van der Waals surface area contributed by atoms with E-state index in [9.17, 15) is 9.18 Å². The second kappa shape index (κ2) is 8.47. The predicted octanol–water partition coefficient (Wildman–Crippen LogP) is 3.18. The van der Waals surface area contributed by atoms with Crippen molar-refractivity contribution in [1.82, 2.24) is 25.9 Å². The molecule has 2 fully saturated rings. The van der Waals surface area contributed by atoms with Crippen molar-refractivity contribution in [1.29, 1.82) is 0 Å². The maximum atomic E-state index is 14.3. The maximum Gasteiger partial charge on any atom is 0.226 e. The summed E-state index contributed by atoms with van der Waals surface area (Å²) in [4.78, 5) is 13.2. The second-order valence-corrected chi connectivity index (χ2v) is 8.92. The van der Waals surface area contributed by atoms with Crippen molar-refractivity contribution < 1.29 is 9.18 Å². The van der Waals surface area contributed by atoms with Crippen LogP contribution in [0.1, 0.15) is 62.2 Å². The van der Waals surface area contributed by atoms with Crippen LogP contribution < -0.4 is 16.2 Å². The quantitative estimate of drug-likeness (QED) is 0.723. The van der Waals surface area contributed by atoms with Gasteiger partial charge in [0.1, 0.15) is 11.5 Å². The number of hydrogen-bond donors (Lipinski definition) is 3. The van der Waals surface area contributed by atoms with Crippen molar-refractivity contribution in [3.05, 3.63) is 47.5 Å². The first-order valence-corrected chi connectivity index (χ1v) is 11.3. The third kappa shape index (κ3) is 3.65. The molecule has 0 bridgehead atoms. The number of rotatable bonds is 4. The minimum Gasteiger partial charge on any atom is -0.349 e. The van der Waals surface area contributed by atoms with Gasteiger partial charge in [-0.1, -0.05) is 31.4 Å². The molecule has 1 aromatic heterocycles. The van der Waals surface area contributed by atoms with Gasteiger partial charge >= 0.3 is 0 Å². The van der Waals surface area contributed by atoms with Crippen molar-refractivity contribution in [2.45, 2.75) is 63.5 Å². The van der Waals surface area contributed by atoms with Gasteiger partial charge < -0.3 is 5.32 Å². The molecular weight excluding hydrogens is 381 g/mol. The molecule has 1 aromatic carbocycles. The van der Waals surface area contributed by atoms with Crippen LogP contribution in [0.25, 0.3) is 5.69 Å². The lowest BCUT2D eigenvalue weighted by Gasteiger charge is -2.31. The Morgan fingerprint density at radius 1 is 1.13 bits per heavy atom. The van der Waals surface area contributed by atoms with Gasteiger partial charge in [-0.2, -0.15) is 5.10 Å². The molecule has 5 rings (SSSR count). The number of carbonyl (C=O) groups excluding carboxylic acids is 1. The van der Waals surface area contributed by atoms with Crippen molar-refractivity contribution in [3.8, 4) is 5.69 Å². The van der Waals surface area contributed by atoms with E-state index in [2.05, 4.69) is 21.3 Å². The van der Waals surface area contributed by atoms with Crippen LogP contribution in [0.2, 0.25) is 0 Å². The van der Waals surface area contributed by atoms with Gasteiger partial charge in [0.25, 0.3) is 0 Å². The molecule has 160 valence electrons. The molecule has 2 heterocycles. The van der Waals surface area contributed by atoms with E-state index in [0.29, 0.717) is 18.2 Å². The molecule has 30 heavy (non-hydrogen) atoms. The minimum absolute atomic E-state index is 0.0555. The van der Waals surface area contributed by atoms with E-state index in [0.717, 1.165) is 30.5 Å². The zero-order valence-electron chi connectivity index (χ0n) is 17.2. The molecule has 6 nitrogen and oxygen atoms in total. The fourth-order valence-corrected chi connectivity index (χ4v) is 5.53. The van der Waals surface area contributed by atoms with E-state index < -0.39 is 0 Å². The molecule has 3 unspecified atom stereocenters. The van der Waals surface area contributed by atoms with E-state index in [1.165, 1.54) is 38.2 Å². The average molecular weight is 412 g/mol. The SMILES string of the molecule is O=C(NC1CCCc2c1cnn2-c1ccccc1F)C1CNNC1C1CCCCC1. The number of amides is 1. The minimum atomic E-state index is -0.284. The summed E-state index contributed by atoms with van der Waals surface area (Å²) in [5.74, 6) is 0.336. The number of aromatic nitrogens is 2. The molecule has 7 heteroatoms. The summed E-state index contributed by atoms with van der Waals surface area (Å²) in [5, 5.41) is 7.77. The third-order valence-corrected chi connectivity index (χ3v) is 7.10. The Kier molecular flexibility index (Phi) is 5.56.